The van der Waals surface area contributed by atoms with Gasteiger partial charge in [0.05, 0.1) is 5.57 Å². The Bertz CT molecular complexity index is 995. The van der Waals surface area contributed by atoms with Crippen LogP contribution in [0.1, 0.15) is 86.5 Å². The summed E-state index contributed by atoms with van der Waals surface area (Å²) in [6, 6.07) is 2.17. The monoisotopic (exact) mass is 433 g/mol. The molecule has 32 heavy (non-hydrogen) atoms. The molecule has 3 nitrogen and oxygen atoms in total. The van der Waals surface area contributed by atoms with Gasteiger partial charge in [-0.3, -0.25) is 9.59 Å². The van der Waals surface area contributed by atoms with Crippen LogP contribution in [0, 0.1) is 62.6 Å². The van der Waals surface area contributed by atoms with E-state index in [1.54, 1.807) is 0 Å². The van der Waals surface area contributed by atoms with Crippen LogP contribution in [0.5, 0.6) is 0 Å². The summed E-state index contributed by atoms with van der Waals surface area (Å²) in [5.41, 5.74) is 1.31. The molecular formula is C29H39NO2. The average Bonchev–Trinajstić information content (AvgIpc) is 2.72. The Morgan fingerprint density at radius 1 is 1.00 bits per heavy atom. The lowest BCUT2D eigenvalue weighted by Crippen LogP contribution is -2.62. The molecule has 0 saturated heterocycles. The van der Waals surface area contributed by atoms with Gasteiger partial charge in [-0.25, -0.2) is 0 Å². The van der Waals surface area contributed by atoms with Crippen LogP contribution in [-0.2, 0) is 9.59 Å². The Morgan fingerprint density at radius 2 is 1.69 bits per heavy atom. The number of allylic oxidation sites excluding steroid dienone is 4. The lowest BCUT2D eigenvalue weighted by molar-refractivity contribution is -0.153. The zero-order valence-corrected chi connectivity index (χ0v) is 20.8. The van der Waals surface area contributed by atoms with Crippen molar-refractivity contribution in [3.8, 4) is 6.07 Å². The largest absolute Gasteiger partial charge is 0.295 e. The van der Waals surface area contributed by atoms with Crippen LogP contribution in [0.3, 0.4) is 0 Å². The molecule has 0 radical (unpaired) electrons. The van der Waals surface area contributed by atoms with Gasteiger partial charge < -0.3 is 0 Å². The van der Waals surface area contributed by atoms with Gasteiger partial charge >= 0.3 is 0 Å². The van der Waals surface area contributed by atoms with Crippen LogP contribution in [0.4, 0.5) is 0 Å². The summed E-state index contributed by atoms with van der Waals surface area (Å²) in [5.74, 6) is 1.60. The highest BCUT2D eigenvalue weighted by Gasteiger charge is 2.66. The number of hydrogen-bond donors (Lipinski definition) is 0. The number of hydrogen-bond acceptors (Lipinski definition) is 3. The van der Waals surface area contributed by atoms with E-state index in [-0.39, 0.29) is 34.4 Å². The predicted molar refractivity (Wildman–Crippen MR) is 125 cm³/mol. The number of Topliss-reactive ketones (excluding diaryl/α,β-unsaturated/α-hetero) is 1. The number of carbonyl (C=O) groups excluding carboxylic acids is 2. The molecule has 0 bridgehead atoms. The normalized spacial score (nSPS) is 49.5. The molecule has 3 unspecified atom stereocenters. The summed E-state index contributed by atoms with van der Waals surface area (Å²) in [4.78, 5) is 26.8. The molecule has 5 rings (SSSR count). The van der Waals surface area contributed by atoms with Crippen LogP contribution in [0.25, 0.3) is 0 Å². The molecule has 3 heteroatoms. The van der Waals surface area contributed by atoms with Crippen LogP contribution < -0.4 is 0 Å². The molecule has 5 aliphatic carbocycles. The summed E-state index contributed by atoms with van der Waals surface area (Å²) in [6.07, 6.45) is 12.0. The second-order valence-corrected chi connectivity index (χ2v) is 13.3. The van der Waals surface area contributed by atoms with Crippen molar-refractivity contribution in [1.29, 1.82) is 5.26 Å². The molecule has 8 atom stereocenters. The zero-order valence-electron chi connectivity index (χ0n) is 20.8. The highest BCUT2D eigenvalue weighted by atomic mass is 16.1. The van der Waals surface area contributed by atoms with Gasteiger partial charge in [0.15, 0.2) is 11.6 Å². The zero-order chi connectivity index (χ0) is 23.3. The number of nitrogens with zero attached hydrogens (tertiary/aromatic N) is 1. The minimum absolute atomic E-state index is 0.0182. The first-order valence-corrected chi connectivity index (χ1v) is 12.8. The van der Waals surface area contributed by atoms with E-state index >= 15 is 0 Å². The fourth-order valence-electron chi connectivity index (χ4n) is 9.36. The molecule has 0 heterocycles. The quantitative estimate of drug-likeness (QED) is 0.441. The van der Waals surface area contributed by atoms with Gasteiger partial charge in [0.1, 0.15) is 6.07 Å². The topological polar surface area (TPSA) is 57.9 Å². The molecule has 3 saturated carbocycles. The number of nitriles is 1. The Hall–Kier alpha value is -1.69. The number of carbonyl (C=O) groups is 2. The van der Waals surface area contributed by atoms with Gasteiger partial charge in [-0.1, -0.05) is 53.2 Å². The van der Waals surface area contributed by atoms with Crippen LogP contribution in [0.2, 0.25) is 0 Å². The first kappa shape index (κ1) is 22.1. The van der Waals surface area contributed by atoms with E-state index in [0.29, 0.717) is 28.6 Å². The van der Waals surface area contributed by atoms with Crippen LogP contribution >= 0.6 is 0 Å². The fraction of sp³-hybridized carbons (Fsp3) is 0.759. The van der Waals surface area contributed by atoms with Gasteiger partial charge in [0.25, 0.3) is 0 Å². The minimum Gasteiger partial charge on any atom is -0.295 e. The van der Waals surface area contributed by atoms with Crippen LogP contribution in [-0.4, -0.2) is 11.6 Å². The average molecular weight is 434 g/mol. The summed E-state index contributed by atoms with van der Waals surface area (Å²) < 4.78 is 0. The Balaban J connectivity index is 1.66. The second kappa shape index (κ2) is 6.68. The van der Waals surface area contributed by atoms with Crippen molar-refractivity contribution in [1.82, 2.24) is 0 Å². The molecule has 0 aromatic heterocycles. The fourth-order valence-corrected chi connectivity index (χ4v) is 9.36. The molecule has 0 aromatic carbocycles. The maximum absolute atomic E-state index is 14.0. The van der Waals surface area contributed by atoms with Gasteiger partial charge in [0.2, 0.25) is 0 Å². The first-order valence-electron chi connectivity index (χ1n) is 12.8. The van der Waals surface area contributed by atoms with E-state index in [1.807, 2.05) is 19.1 Å². The highest BCUT2D eigenvalue weighted by Crippen LogP contribution is 2.72. The Morgan fingerprint density at radius 3 is 2.38 bits per heavy atom. The number of fused-ring (bicyclic) bond motifs is 7. The van der Waals surface area contributed by atoms with E-state index in [4.69, 9.17) is 0 Å². The molecule has 0 aliphatic heterocycles. The van der Waals surface area contributed by atoms with Gasteiger partial charge in [-0.05, 0) is 85.0 Å². The molecule has 3 fully saturated rings. The maximum Gasteiger partial charge on any atom is 0.176 e. The third-order valence-corrected chi connectivity index (χ3v) is 11.3. The van der Waals surface area contributed by atoms with Gasteiger partial charge in [-0.2, -0.15) is 5.26 Å². The maximum atomic E-state index is 14.0. The molecule has 172 valence electrons. The first-order chi connectivity index (χ1) is 14.9. The third-order valence-electron chi connectivity index (χ3n) is 11.3. The minimum atomic E-state index is -0.391. The van der Waals surface area contributed by atoms with Crippen molar-refractivity contribution in [2.24, 2.45) is 51.2 Å². The lowest BCUT2D eigenvalue weighted by Gasteiger charge is -2.66. The van der Waals surface area contributed by atoms with E-state index in [0.717, 1.165) is 25.7 Å². The van der Waals surface area contributed by atoms with Crippen molar-refractivity contribution >= 4 is 11.6 Å². The van der Waals surface area contributed by atoms with E-state index in [2.05, 4.69) is 40.7 Å². The molecule has 5 aliphatic rings. The lowest BCUT2D eigenvalue weighted by atomic mass is 9.36. The molecule has 0 aromatic rings. The van der Waals surface area contributed by atoms with E-state index in [1.165, 1.54) is 24.8 Å². The predicted octanol–water partition coefficient (Wildman–Crippen LogP) is 6.45. The second-order valence-electron chi connectivity index (χ2n) is 13.3. The van der Waals surface area contributed by atoms with Crippen LogP contribution in [0.15, 0.2) is 23.3 Å². The highest BCUT2D eigenvalue weighted by molar-refractivity contribution is 6.02. The summed E-state index contributed by atoms with van der Waals surface area (Å²) >= 11 is 0. The SMILES string of the molecule is C[C@@H]1C(=O)C(C#N)=C[C@]2(C)C3=CC(=O)C4C5CC(C)(C)CCC5CC[C@@]4(C)[C@]3(C)CC[C@@H]12. The van der Waals surface area contributed by atoms with Crippen molar-refractivity contribution < 1.29 is 9.59 Å². The van der Waals surface area contributed by atoms with Crippen molar-refractivity contribution in [3.05, 3.63) is 23.3 Å². The number of ketones is 2. The third kappa shape index (κ3) is 2.65. The molecule has 0 amide bonds. The summed E-state index contributed by atoms with van der Waals surface area (Å²) in [6.45, 7) is 13.8. The Labute approximate surface area is 193 Å². The number of rotatable bonds is 0. The van der Waals surface area contributed by atoms with E-state index in [9.17, 15) is 14.9 Å². The summed E-state index contributed by atoms with van der Waals surface area (Å²) in [7, 11) is 0. The standard InChI is InChI=1S/C29H39NO2/c1-17-21-9-12-28(5)23(27(21,4)14-19(16-30)25(17)32)13-22(31)24-20-15-26(2,3)10-7-18(20)8-11-29(24,28)6/h13-14,17-18,20-21,24H,7-12,15H2,1-6H3/t17-,18?,20?,21-,24?,27-,28+,29+/m0/s1. The molecular weight excluding hydrogens is 394 g/mol. The molecule has 0 N–H and O–H groups in total. The van der Waals surface area contributed by atoms with Gasteiger partial charge in [-0.15, -0.1) is 0 Å². The summed E-state index contributed by atoms with van der Waals surface area (Å²) in [5, 5.41) is 9.69. The van der Waals surface area contributed by atoms with Crippen molar-refractivity contribution in [2.75, 3.05) is 0 Å². The van der Waals surface area contributed by atoms with Crippen molar-refractivity contribution in [2.45, 2.75) is 86.5 Å². The van der Waals surface area contributed by atoms with E-state index < -0.39 is 5.41 Å². The smallest absolute Gasteiger partial charge is 0.176 e. The molecule has 0 spiro atoms. The van der Waals surface area contributed by atoms with Crippen molar-refractivity contribution in [3.63, 3.8) is 0 Å². The Kier molecular flexibility index (Phi) is 4.62. The van der Waals surface area contributed by atoms with Gasteiger partial charge in [0, 0.05) is 17.3 Å².